The van der Waals surface area contributed by atoms with Crippen LogP contribution in [0.1, 0.15) is 73.2 Å². The molecule has 1 aromatic heterocycles. The van der Waals surface area contributed by atoms with Gasteiger partial charge in [-0.05, 0) is 60.2 Å². The van der Waals surface area contributed by atoms with Crippen molar-refractivity contribution in [1.29, 1.82) is 0 Å². The van der Waals surface area contributed by atoms with E-state index in [1.807, 2.05) is 38.1 Å². The average molecular weight is 495 g/mol. The molecule has 3 rings (SSSR count). The fourth-order valence-corrected chi connectivity index (χ4v) is 4.64. The van der Waals surface area contributed by atoms with E-state index in [1.165, 1.54) is 7.11 Å². The quantitative estimate of drug-likeness (QED) is 0.345. The lowest BCUT2D eigenvalue weighted by Crippen LogP contribution is -2.34. The van der Waals surface area contributed by atoms with Gasteiger partial charge in [0.25, 0.3) is 0 Å². The normalized spacial score (nSPS) is 12.8. The van der Waals surface area contributed by atoms with Crippen LogP contribution in [-0.2, 0) is 22.5 Å². The number of aromatic nitrogens is 1. The highest BCUT2D eigenvalue weighted by Gasteiger charge is 2.27. The van der Waals surface area contributed by atoms with Crippen LogP contribution in [0.25, 0.3) is 10.9 Å². The van der Waals surface area contributed by atoms with Crippen LogP contribution in [-0.4, -0.2) is 42.3 Å². The predicted molar refractivity (Wildman–Crippen MR) is 141 cm³/mol. The molecule has 3 aromatic rings. The molecule has 0 aliphatic heterocycles. The minimum absolute atomic E-state index is 0.119. The number of nitrogens with zero attached hydrogens (tertiary/aromatic N) is 1. The zero-order chi connectivity index (χ0) is 26.2. The molecule has 36 heavy (non-hydrogen) atoms. The van der Waals surface area contributed by atoms with Crippen molar-refractivity contribution in [2.24, 2.45) is 5.92 Å². The molecule has 7 nitrogen and oxygen atoms in total. The minimum atomic E-state index is -0.896. The standard InChI is InChI=1S/C29H38N2O5/c1-6-13-30-28(33)23(8-3)27(32)20-11-12-25-24(16-20)22(18-31(25)14-7-2)15-19-9-10-21(29(34)36-5)17-26(19)35-4/h9-12,16-18,23,27,32H,6-8,13-15H2,1-5H3,(H,30,33). The van der Waals surface area contributed by atoms with Gasteiger partial charge in [-0.25, -0.2) is 4.79 Å². The third kappa shape index (κ3) is 5.90. The van der Waals surface area contributed by atoms with Crippen molar-refractivity contribution in [2.45, 2.75) is 59.1 Å². The van der Waals surface area contributed by atoms with Gasteiger partial charge in [0.2, 0.25) is 5.91 Å². The summed E-state index contributed by atoms with van der Waals surface area (Å²) in [4.78, 5) is 24.6. The van der Waals surface area contributed by atoms with Gasteiger partial charge in [0.05, 0.1) is 31.8 Å². The smallest absolute Gasteiger partial charge is 0.337 e. The van der Waals surface area contributed by atoms with Crippen LogP contribution in [0.15, 0.2) is 42.6 Å². The van der Waals surface area contributed by atoms with Crippen LogP contribution in [0.5, 0.6) is 5.75 Å². The number of carbonyl (C=O) groups is 2. The number of benzene rings is 2. The summed E-state index contributed by atoms with van der Waals surface area (Å²) in [6, 6.07) is 11.3. The molecule has 1 heterocycles. The SMILES string of the molecule is CCCNC(=O)C(CC)C(O)c1ccc2c(c1)c(Cc1ccc(C(=O)OC)cc1OC)cn2CCC. The average Bonchev–Trinajstić information content (AvgIpc) is 3.23. The van der Waals surface area contributed by atoms with Gasteiger partial charge in [-0.2, -0.15) is 0 Å². The summed E-state index contributed by atoms with van der Waals surface area (Å²) >= 11 is 0. The van der Waals surface area contributed by atoms with Crippen molar-refractivity contribution >= 4 is 22.8 Å². The molecular formula is C29H38N2O5. The third-order valence-corrected chi connectivity index (χ3v) is 6.59. The van der Waals surface area contributed by atoms with E-state index in [4.69, 9.17) is 9.47 Å². The number of carbonyl (C=O) groups excluding carboxylic acids is 2. The topological polar surface area (TPSA) is 89.8 Å². The Balaban J connectivity index is 2.01. The maximum Gasteiger partial charge on any atom is 0.337 e. The Morgan fingerprint density at radius 2 is 1.81 bits per heavy atom. The molecule has 0 spiro atoms. The number of methoxy groups -OCH3 is 2. The first kappa shape index (κ1) is 27.3. The van der Waals surface area contributed by atoms with Crippen LogP contribution in [0.3, 0.4) is 0 Å². The van der Waals surface area contributed by atoms with E-state index < -0.39 is 18.0 Å². The van der Waals surface area contributed by atoms with E-state index >= 15 is 0 Å². The maximum atomic E-state index is 12.7. The van der Waals surface area contributed by atoms with Crippen LogP contribution in [0.4, 0.5) is 0 Å². The Labute approximate surface area is 213 Å². The number of amides is 1. The van der Waals surface area contributed by atoms with Crippen LogP contribution < -0.4 is 10.1 Å². The Hall–Kier alpha value is -3.32. The van der Waals surface area contributed by atoms with Crippen LogP contribution in [0, 0.1) is 5.92 Å². The van der Waals surface area contributed by atoms with E-state index in [0.717, 1.165) is 47.0 Å². The Morgan fingerprint density at radius 1 is 1.03 bits per heavy atom. The molecule has 2 unspecified atom stereocenters. The van der Waals surface area contributed by atoms with E-state index in [2.05, 4.69) is 23.0 Å². The summed E-state index contributed by atoms with van der Waals surface area (Å²) in [5.41, 5.74) is 4.27. The molecule has 0 aliphatic carbocycles. The van der Waals surface area contributed by atoms with Crippen molar-refractivity contribution in [1.82, 2.24) is 9.88 Å². The monoisotopic (exact) mass is 494 g/mol. The van der Waals surface area contributed by atoms with Crippen molar-refractivity contribution in [3.8, 4) is 5.75 Å². The molecule has 2 N–H and O–H groups in total. The number of hydrogen-bond donors (Lipinski definition) is 2. The molecule has 1 amide bonds. The Kier molecular flexibility index (Phi) is 9.53. The number of nitrogens with one attached hydrogen (secondary N) is 1. The summed E-state index contributed by atoms with van der Waals surface area (Å²) < 4.78 is 12.6. The number of hydrogen-bond acceptors (Lipinski definition) is 5. The molecule has 0 saturated heterocycles. The Bertz CT molecular complexity index is 1200. The van der Waals surface area contributed by atoms with Gasteiger partial charge in [0.1, 0.15) is 5.75 Å². The molecular weight excluding hydrogens is 456 g/mol. The zero-order valence-electron chi connectivity index (χ0n) is 22.0. The van der Waals surface area contributed by atoms with Gasteiger partial charge < -0.3 is 24.5 Å². The maximum absolute atomic E-state index is 12.7. The lowest BCUT2D eigenvalue weighted by Gasteiger charge is -2.21. The number of rotatable bonds is 12. The zero-order valence-corrected chi connectivity index (χ0v) is 22.0. The molecule has 0 saturated carbocycles. The number of aliphatic hydroxyl groups excluding tert-OH is 1. The van der Waals surface area contributed by atoms with Crippen LogP contribution >= 0.6 is 0 Å². The van der Waals surface area contributed by atoms with Crippen molar-refractivity contribution in [3.63, 3.8) is 0 Å². The predicted octanol–water partition coefficient (Wildman–Crippen LogP) is 5.02. The summed E-state index contributed by atoms with van der Waals surface area (Å²) in [7, 11) is 2.94. The van der Waals surface area contributed by atoms with Crippen LogP contribution in [0.2, 0.25) is 0 Å². The molecule has 2 atom stereocenters. The summed E-state index contributed by atoms with van der Waals surface area (Å²) in [5.74, 6) is -0.428. The number of esters is 1. The first-order chi connectivity index (χ1) is 17.4. The number of aliphatic hydroxyl groups is 1. The van der Waals surface area contributed by atoms with Crippen molar-refractivity contribution in [2.75, 3.05) is 20.8 Å². The highest BCUT2D eigenvalue weighted by molar-refractivity contribution is 5.90. The fourth-order valence-electron chi connectivity index (χ4n) is 4.64. The van der Waals surface area contributed by atoms with Gasteiger partial charge in [-0.3, -0.25) is 4.79 Å². The van der Waals surface area contributed by atoms with E-state index in [9.17, 15) is 14.7 Å². The highest BCUT2D eigenvalue weighted by atomic mass is 16.5. The lowest BCUT2D eigenvalue weighted by molar-refractivity contribution is -0.128. The highest BCUT2D eigenvalue weighted by Crippen LogP contribution is 2.33. The van der Waals surface area contributed by atoms with Crippen molar-refractivity contribution in [3.05, 3.63) is 64.8 Å². The molecule has 0 aliphatic rings. The summed E-state index contributed by atoms with van der Waals surface area (Å²) in [6.07, 6.45) is 4.22. The largest absolute Gasteiger partial charge is 0.496 e. The first-order valence-corrected chi connectivity index (χ1v) is 12.7. The van der Waals surface area contributed by atoms with Gasteiger partial charge in [0.15, 0.2) is 0 Å². The Morgan fingerprint density at radius 3 is 2.44 bits per heavy atom. The second-order valence-electron chi connectivity index (χ2n) is 9.07. The van der Waals surface area contributed by atoms with Gasteiger partial charge >= 0.3 is 5.97 Å². The molecule has 2 aromatic carbocycles. The van der Waals surface area contributed by atoms with Gasteiger partial charge in [0, 0.05) is 36.6 Å². The second kappa shape index (κ2) is 12.6. The summed E-state index contributed by atoms with van der Waals surface area (Å²) in [5, 5.41) is 15.1. The molecule has 0 fully saturated rings. The fraction of sp³-hybridized carbons (Fsp3) is 0.448. The lowest BCUT2D eigenvalue weighted by atomic mass is 9.91. The van der Waals surface area contributed by atoms with E-state index in [-0.39, 0.29) is 5.91 Å². The van der Waals surface area contributed by atoms with Gasteiger partial charge in [-0.1, -0.05) is 32.9 Å². The van der Waals surface area contributed by atoms with Gasteiger partial charge in [-0.15, -0.1) is 0 Å². The number of fused-ring (bicyclic) bond motifs is 1. The van der Waals surface area contributed by atoms with E-state index in [1.54, 1.807) is 19.2 Å². The minimum Gasteiger partial charge on any atom is -0.496 e. The third-order valence-electron chi connectivity index (χ3n) is 6.59. The van der Waals surface area contributed by atoms with Crippen molar-refractivity contribution < 1.29 is 24.2 Å². The number of ether oxygens (including phenoxy) is 2. The number of aryl methyl sites for hydroxylation is 1. The molecule has 194 valence electrons. The molecule has 0 radical (unpaired) electrons. The summed E-state index contributed by atoms with van der Waals surface area (Å²) in [6.45, 7) is 7.53. The first-order valence-electron chi connectivity index (χ1n) is 12.7. The second-order valence-corrected chi connectivity index (χ2v) is 9.07. The molecule has 0 bridgehead atoms. The van der Waals surface area contributed by atoms with E-state index in [0.29, 0.717) is 30.7 Å². The molecule has 7 heteroatoms.